The number of nitrogens with zero attached hydrogens (tertiary/aromatic N) is 3. The Labute approximate surface area is 119 Å². The number of nitrogens with one attached hydrogen (secondary N) is 1. The summed E-state index contributed by atoms with van der Waals surface area (Å²) in [6.45, 7) is 0. The van der Waals surface area contributed by atoms with E-state index in [0.717, 1.165) is 5.75 Å². The average Bonchev–Trinajstić information content (AvgIpc) is 2.83. The maximum atomic E-state index is 11.5. The Morgan fingerprint density at radius 3 is 3.11 bits per heavy atom. The quantitative estimate of drug-likeness (QED) is 0.517. The first-order valence-corrected chi connectivity index (χ1v) is 7.31. The van der Waals surface area contributed by atoms with Crippen molar-refractivity contribution in [3.63, 3.8) is 0 Å². The van der Waals surface area contributed by atoms with Crippen LogP contribution in [0.15, 0.2) is 24.3 Å². The van der Waals surface area contributed by atoms with Crippen LogP contribution in [-0.2, 0) is 4.79 Å². The molecule has 6 nitrogen and oxygen atoms in total. The summed E-state index contributed by atoms with van der Waals surface area (Å²) >= 11 is 6.61. The average molecular weight is 296 g/mol. The van der Waals surface area contributed by atoms with Crippen molar-refractivity contribution < 1.29 is 9.53 Å². The number of esters is 1. The minimum atomic E-state index is -0.252. The number of hydrogen-bond donors (Lipinski definition) is 1. The number of tetrazole rings is 1. The van der Waals surface area contributed by atoms with Crippen LogP contribution in [0, 0.1) is 4.77 Å². The molecule has 0 spiro atoms. The van der Waals surface area contributed by atoms with Crippen LogP contribution in [0.1, 0.15) is 6.42 Å². The van der Waals surface area contributed by atoms with Crippen LogP contribution in [0.2, 0.25) is 0 Å². The van der Waals surface area contributed by atoms with E-state index >= 15 is 0 Å². The number of benzene rings is 1. The van der Waals surface area contributed by atoms with Crippen LogP contribution in [0.3, 0.4) is 0 Å². The second-order valence-corrected chi connectivity index (χ2v) is 4.98. The first-order valence-electron chi connectivity index (χ1n) is 5.51. The highest BCUT2D eigenvalue weighted by Gasteiger charge is 2.06. The second-order valence-electron chi connectivity index (χ2n) is 3.63. The Bertz CT molecular complexity index is 623. The third-order valence-electron chi connectivity index (χ3n) is 2.29. The lowest BCUT2D eigenvalue weighted by Gasteiger charge is -2.06. The maximum Gasteiger partial charge on any atom is 0.312 e. The number of ether oxygens (including phenoxy) is 1. The zero-order chi connectivity index (χ0) is 13.7. The zero-order valence-corrected chi connectivity index (χ0v) is 11.8. The first-order chi connectivity index (χ1) is 9.20. The summed E-state index contributed by atoms with van der Waals surface area (Å²) in [5, 5.41) is 9.93. The summed E-state index contributed by atoms with van der Waals surface area (Å²) < 4.78 is 7.07. The molecule has 0 aliphatic heterocycles. The van der Waals surface area contributed by atoms with Crippen molar-refractivity contribution in [2.24, 2.45) is 0 Å². The van der Waals surface area contributed by atoms with Gasteiger partial charge in [0.1, 0.15) is 5.75 Å². The van der Waals surface area contributed by atoms with E-state index in [1.807, 2.05) is 12.3 Å². The fraction of sp³-hybridized carbons (Fsp3) is 0.273. The highest BCUT2D eigenvalue weighted by atomic mass is 32.2. The third kappa shape index (κ3) is 3.65. The predicted molar refractivity (Wildman–Crippen MR) is 75.2 cm³/mol. The monoisotopic (exact) mass is 296 g/mol. The van der Waals surface area contributed by atoms with Gasteiger partial charge < -0.3 is 4.74 Å². The van der Waals surface area contributed by atoms with E-state index in [1.165, 1.54) is 4.68 Å². The molecule has 0 fully saturated rings. The second kappa shape index (κ2) is 6.48. The molecule has 1 heterocycles. The molecule has 0 atom stereocenters. The maximum absolute atomic E-state index is 11.5. The molecule has 0 aliphatic rings. The molecule has 2 rings (SSSR count). The molecule has 1 aromatic carbocycles. The van der Waals surface area contributed by atoms with Crippen molar-refractivity contribution >= 4 is 29.9 Å². The number of hydrogen-bond acceptors (Lipinski definition) is 6. The van der Waals surface area contributed by atoms with Crippen LogP contribution >= 0.6 is 24.0 Å². The van der Waals surface area contributed by atoms with E-state index < -0.39 is 0 Å². The molecule has 2 aromatic rings. The van der Waals surface area contributed by atoms with E-state index in [2.05, 4.69) is 15.5 Å². The van der Waals surface area contributed by atoms with Crippen molar-refractivity contribution in [1.29, 1.82) is 0 Å². The van der Waals surface area contributed by atoms with Crippen molar-refractivity contribution in [2.45, 2.75) is 6.42 Å². The highest BCUT2D eigenvalue weighted by molar-refractivity contribution is 7.98. The first kappa shape index (κ1) is 13.8. The molecule has 0 bridgehead atoms. The molecule has 100 valence electrons. The molecule has 0 unspecified atom stereocenters. The summed E-state index contributed by atoms with van der Waals surface area (Å²) in [4.78, 5) is 11.5. The van der Waals surface area contributed by atoms with Crippen molar-refractivity contribution in [3.05, 3.63) is 29.0 Å². The largest absolute Gasteiger partial charge is 0.426 e. The van der Waals surface area contributed by atoms with Gasteiger partial charge in [0.25, 0.3) is 0 Å². The van der Waals surface area contributed by atoms with Crippen LogP contribution < -0.4 is 4.74 Å². The van der Waals surface area contributed by atoms with Gasteiger partial charge in [-0.05, 0) is 30.6 Å². The van der Waals surface area contributed by atoms with E-state index in [9.17, 15) is 4.79 Å². The molecule has 0 saturated carbocycles. The lowest BCUT2D eigenvalue weighted by atomic mass is 10.3. The number of H-pyrrole nitrogens is 1. The molecule has 0 saturated heterocycles. The van der Waals surface area contributed by atoms with Gasteiger partial charge in [0.15, 0.2) is 0 Å². The normalized spacial score (nSPS) is 10.4. The van der Waals surface area contributed by atoms with Crippen molar-refractivity contribution in [2.75, 3.05) is 12.0 Å². The molecular weight excluding hydrogens is 284 g/mol. The smallest absolute Gasteiger partial charge is 0.312 e. The number of carbonyl (C=O) groups excluding carboxylic acids is 1. The molecule has 0 amide bonds. The lowest BCUT2D eigenvalue weighted by molar-refractivity contribution is -0.133. The number of aromatic amines is 1. The van der Waals surface area contributed by atoms with Gasteiger partial charge in [0.05, 0.1) is 12.1 Å². The Kier molecular flexibility index (Phi) is 4.69. The lowest BCUT2D eigenvalue weighted by Crippen LogP contribution is -2.09. The standard InChI is InChI=1S/C11H12N4O2S2/c1-19-6-5-10(16)17-9-4-2-3-8(7-9)15-11(18)12-13-14-15/h2-4,7H,5-6H2,1H3,(H,12,14,18). The molecule has 1 aromatic heterocycles. The van der Waals surface area contributed by atoms with Gasteiger partial charge in [-0.3, -0.25) is 4.79 Å². The Hall–Kier alpha value is -1.67. The van der Waals surface area contributed by atoms with Gasteiger partial charge in [0, 0.05) is 11.8 Å². The summed E-state index contributed by atoms with van der Waals surface area (Å²) in [6, 6.07) is 7.00. The fourth-order valence-electron chi connectivity index (χ4n) is 1.42. The molecule has 19 heavy (non-hydrogen) atoms. The Morgan fingerprint density at radius 1 is 1.58 bits per heavy atom. The number of carbonyl (C=O) groups is 1. The van der Waals surface area contributed by atoms with Gasteiger partial charge in [-0.25, -0.2) is 4.68 Å². The van der Waals surface area contributed by atoms with Crippen molar-refractivity contribution in [3.8, 4) is 11.4 Å². The van der Waals surface area contributed by atoms with Gasteiger partial charge in [-0.1, -0.05) is 16.4 Å². The Balaban J connectivity index is 2.14. The van der Waals surface area contributed by atoms with E-state index in [4.69, 9.17) is 17.0 Å². The Morgan fingerprint density at radius 2 is 2.42 bits per heavy atom. The van der Waals surface area contributed by atoms with Gasteiger partial charge in [0.2, 0.25) is 4.77 Å². The zero-order valence-electron chi connectivity index (χ0n) is 10.2. The minimum Gasteiger partial charge on any atom is -0.426 e. The molecule has 0 aliphatic carbocycles. The number of aromatic nitrogens is 4. The van der Waals surface area contributed by atoms with Crippen LogP contribution in [-0.4, -0.2) is 38.2 Å². The minimum absolute atomic E-state index is 0.252. The topological polar surface area (TPSA) is 72.8 Å². The summed E-state index contributed by atoms with van der Waals surface area (Å²) in [5.41, 5.74) is 0.713. The van der Waals surface area contributed by atoms with Gasteiger partial charge in [-0.2, -0.15) is 17.0 Å². The predicted octanol–water partition coefficient (Wildman–Crippen LogP) is 1.98. The molecular formula is C11H12N4O2S2. The third-order valence-corrected chi connectivity index (χ3v) is 3.17. The highest BCUT2D eigenvalue weighted by Crippen LogP contribution is 2.16. The van der Waals surface area contributed by atoms with Crippen LogP contribution in [0.4, 0.5) is 0 Å². The molecule has 1 N–H and O–H groups in total. The number of thioether (sulfide) groups is 1. The fourth-order valence-corrected chi connectivity index (χ4v) is 1.98. The van der Waals surface area contributed by atoms with Crippen LogP contribution in [0.5, 0.6) is 5.75 Å². The van der Waals surface area contributed by atoms with Crippen molar-refractivity contribution in [1.82, 2.24) is 20.2 Å². The number of rotatable bonds is 5. The molecule has 0 radical (unpaired) electrons. The summed E-state index contributed by atoms with van der Waals surface area (Å²) in [7, 11) is 0. The van der Waals surface area contributed by atoms with E-state index in [0.29, 0.717) is 22.6 Å². The summed E-state index contributed by atoms with van der Waals surface area (Å²) in [5.74, 6) is 0.964. The van der Waals surface area contributed by atoms with Gasteiger partial charge in [-0.15, -0.1) is 0 Å². The van der Waals surface area contributed by atoms with Gasteiger partial charge >= 0.3 is 5.97 Å². The summed E-state index contributed by atoms with van der Waals surface area (Å²) in [6.07, 6.45) is 2.33. The van der Waals surface area contributed by atoms with E-state index in [1.54, 1.807) is 30.0 Å². The van der Waals surface area contributed by atoms with Crippen LogP contribution in [0.25, 0.3) is 5.69 Å². The molecule has 8 heteroatoms. The van der Waals surface area contributed by atoms with E-state index in [-0.39, 0.29) is 5.97 Å². The SMILES string of the molecule is CSCCC(=O)Oc1cccc(-n2[nH]nnc2=S)c1.